The van der Waals surface area contributed by atoms with E-state index in [2.05, 4.69) is 15.4 Å². The molecule has 1 aliphatic heterocycles. The molecule has 142 valence electrons. The highest BCUT2D eigenvalue weighted by Crippen LogP contribution is 2.39. The van der Waals surface area contributed by atoms with Gasteiger partial charge in [-0.15, -0.1) is 0 Å². The number of aromatic nitrogens is 3. The van der Waals surface area contributed by atoms with E-state index in [4.69, 9.17) is 9.26 Å². The van der Waals surface area contributed by atoms with E-state index in [1.54, 1.807) is 37.6 Å². The van der Waals surface area contributed by atoms with Crippen LogP contribution in [0.5, 0.6) is 5.75 Å². The molecule has 1 saturated heterocycles. The maximum Gasteiger partial charge on any atom is 0.243 e. The molecule has 0 spiro atoms. The van der Waals surface area contributed by atoms with Gasteiger partial charge in [0.25, 0.3) is 0 Å². The SMILES string of the molecule is COc1ccc(S(=O)(=O)N2CCC[C@@H]2c2[nH]ncc2-c2cc(C)no2)cc1. The fourth-order valence-corrected chi connectivity index (χ4v) is 5.10. The normalized spacial score (nSPS) is 18.1. The number of aromatic amines is 1. The van der Waals surface area contributed by atoms with Crippen LogP contribution in [0.15, 0.2) is 45.9 Å². The van der Waals surface area contributed by atoms with E-state index in [9.17, 15) is 8.42 Å². The average Bonchev–Trinajstić information content (AvgIpc) is 3.40. The van der Waals surface area contributed by atoms with Gasteiger partial charge in [-0.25, -0.2) is 8.42 Å². The van der Waals surface area contributed by atoms with Crippen LogP contribution in [0.4, 0.5) is 0 Å². The molecule has 0 aliphatic carbocycles. The summed E-state index contributed by atoms with van der Waals surface area (Å²) in [4.78, 5) is 0.242. The second-order valence-corrected chi connectivity index (χ2v) is 8.37. The summed E-state index contributed by atoms with van der Waals surface area (Å²) in [7, 11) is -2.10. The highest BCUT2D eigenvalue weighted by atomic mass is 32.2. The first kappa shape index (κ1) is 17.7. The first-order chi connectivity index (χ1) is 13.0. The van der Waals surface area contributed by atoms with Crippen molar-refractivity contribution in [2.24, 2.45) is 0 Å². The molecule has 1 aromatic carbocycles. The highest BCUT2D eigenvalue weighted by Gasteiger charge is 2.38. The molecule has 0 saturated carbocycles. The lowest BCUT2D eigenvalue weighted by molar-refractivity contribution is 0.388. The van der Waals surface area contributed by atoms with E-state index in [-0.39, 0.29) is 10.9 Å². The summed E-state index contributed by atoms with van der Waals surface area (Å²) in [5.41, 5.74) is 2.21. The van der Waals surface area contributed by atoms with Crippen LogP contribution >= 0.6 is 0 Å². The van der Waals surface area contributed by atoms with Crippen LogP contribution in [-0.4, -0.2) is 41.7 Å². The molecule has 0 amide bonds. The third-order valence-electron chi connectivity index (χ3n) is 4.77. The van der Waals surface area contributed by atoms with Gasteiger partial charge in [-0.3, -0.25) is 5.10 Å². The minimum Gasteiger partial charge on any atom is -0.497 e. The Bertz CT molecular complexity index is 1040. The number of hydrogen-bond acceptors (Lipinski definition) is 6. The second kappa shape index (κ2) is 6.82. The number of rotatable bonds is 5. The van der Waals surface area contributed by atoms with Crippen molar-refractivity contribution in [2.45, 2.75) is 30.7 Å². The number of methoxy groups -OCH3 is 1. The predicted octanol–water partition coefficient (Wildman–Crippen LogP) is 2.91. The highest BCUT2D eigenvalue weighted by molar-refractivity contribution is 7.89. The third-order valence-corrected chi connectivity index (χ3v) is 6.69. The molecule has 1 aliphatic rings. The molecule has 4 rings (SSSR count). The summed E-state index contributed by atoms with van der Waals surface area (Å²) >= 11 is 0. The van der Waals surface area contributed by atoms with E-state index >= 15 is 0 Å². The number of nitrogens with zero attached hydrogens (tertiary/aromatic N) is 3. The van der Waals surface area contributed by atoms with E-state index in [0.29, 0.717) is 24.5 Å². The number of benzene rings is 1. The molecular formula is C18H20N4O4S. The Hall–Kier alpha value is -2.65. The van der Waals surface area contributed by atoms with E-state index in [0.717, 1.165) is 23.4 Å². The molecule has 27 heavy (non-hydrogen) atoms. The zero-order chi connectivity index (χ0) is 19.0. The molecule has 9 heteroatoms. The topological polar surface area (TPSA) is 101 Å². The van der Waals surface area contributed by atoms with Crippen molar-refractivity contribution in [2.75, 3.05) is 13.7 Å². The fourth-order valence-electron chi connectivity index (χ4n) is 3.44. The van der Waals surface area contributed by atoms with Gasteiger partial charge in [-0.2, -0.15) is 9.40 Å². The van der Waals surface area contributed by atoms with Crippen molar-refractivity contribution in [3.05, 3.63) is 47.9 Å². The number of aryl methyl sites for hydroxylation is 1. The molecule has 0 bridgehead atoms. The zero-order valence-electron chi connectivity index (χ0n) is 15.0. The Morgan fingerprint density at radius 2 is 2.07 bits per heavy atom. The monoisotopic (exact) mass is 388 g/mol. The van der Waals surface area contributed by atoms with Gasteiger partial charge in [-0.1, -0.05) is 5.16 Å². The Morgan fingerprint density at radius 3 is 2.74 bits per heavy atom. The molecule has 2 aromatic heterocycles. The Labute approximate surface area is 157 Å². The van der Waals surface area contributed by atoms with Crippen LogP contribution in [0.3, 0.4) is 0 Å². The van der Waals surface area contributed by atoms with Gasteiger partial charge in [-0.05, 0) is 44.0 Å². The van der Waals surface area contributed by atoms with Crippen molar-refractivity contribution in [1.29, 1.82) is 0 Å². The van der Waals surface area contributed by atoms with Gasteiger partial charge in [0.05, 0.1) is 41.2 Å². The van der Waals surface area contributed by atoms with Crippen LogP contribution in [0, 0.1) is 6.92 Å². The van der Waals surface area contributed by atoms with Gasteiger partial charge >= 0.3 is 0 Å². The number of ether oxygens (including phenoxy) is 1. The predicted molar refractivity (Wildman–Crippen MR) is 97.7 cm³/mol. The third kappa shape index (κ3) is 3.13. The van der Waals surface area contributed by atoms with Crippen molar-refractivity contribution in [3.63, 3.8) is 0 Å². The standard InChI is InChI=1S/C18H20N4O4S/c1-12-10-17(26-21-12)15-11-19-20-18(15)16-4-3-9-22(16)27(23,24)14-7-5-13(25-2)6-8-14/h5-8,10-11,16H,3-4,9H2,1-2H3,(H,19,20)/t16-/m1/s1. The maximum atomic E-state index is 13.2. The summed E-state index contributed by atoms with van der Waals surface area (Å²) in [6.07, 6.45) is 3.12. The van der Waals surface area contributed by atoms with Crippen LogP contribution in [0.25, 0.3) is 11.3 Å². The van der Waals surface area contributed by atoms with Crippen LogP contribution in [-0.2, 0) is 10.0 Å². The fraction of sp³-hybridized carbons (Fsp3) is 0.333. The molecule has 1 atom stereocenters. The van der Waals surface area contributed by atoms with Crippen molar-refractivity contribution in [3.8, 4) is 17.1 Å². The Kier molecular flexibility index (Phi) is 4.48. The van der Waals surface area contributed by atoms with E-state index in [1.165, 1.54) is 4.31 Å². The van der Waals surface area contributed by atoms with Gasteiger partial charge in [0.1, 0.15) is 5.75 Å². The van der Waals surface area contributed by atoms with Gasteiger partial charge in [0.2, 0.25) is 10.0 Å². The lowest BCUT2D eigenvalue weighted by Crippen LogP contribution is -2.31. The molecule has 3 aromatic rings. The number of H-pyrrole nitrogens is 1. The first-order valence-corrected chi connectivity index (χ1v) is 10.1. The van der Waals surface area contributed by atoms with Crippen molar-refractivity contribution < 1.29 is 17.7 Å². The lowest BCUT2D eigenvalue weighted by Gasteiger charge is -2.24. The molecule has 8 nitrogen and oxygen atoms in total. The quantitative estimate of drug-likeness (QED) is 0.721. The minimum absolute atomic E-state index is 0.242. The summed E-state index contributed by atoms with van der Waals surface area (Å²) in [5.74, 6) is 1.19. The first-order valence-electron chi connectivity index (χ1n) is 8.63. The molecule has 3 heterocycles. The summed E-state index contributed by atoms with van der Waals surface area (Å²) in [6, 6.07) is 7.91. The largest absolute Gasteiger partial charge is 0.497 e. The van der Waals surface area contributed by atoms with Crippen LogP contribution in [0.1, 0.15) is 30.3 Å². The molecule has 1 fully saturated rings. The molecule has 0 unspecified atom stereocenters. The zero-order valence-corrected chi connectivity index (χ0v) is 15.9. The number of nitrogens with one attached hydrogen (secondary N) is 1. The van der Waals surface area contributed by atoms with Gasteiger partial charge in [0, 0.05) is 12.6 Å². The van der Waals surface area contributed by atoms with E-state index < -0.39 is 10.0 Å². The summed E-state index contributed by atoms with van der Waals surface area (Å²) in [6.45, 7) is 2.29. The molecular weight excluding hydrogens is 368 g/mol. The summed E-state index contributed by atoms with van der Waals surface area (Å²) in [5, 5.41) is 11.0. The lowest BCUT2D eigenvalue weighted by atomic mass is 10.1. The van der Waals surface area contributed by atoms with Gasteiger partial charge in [0.15, 0.2) is 5.76 Å². The van der Waals surface area contributed by atoms with Crippen molar-refractivity contribution in [1.82, 2.24) is 19.7 Å². The van der Waals surface area contributed by atoms with Crippen LogP contribution in [0.2, 0.25) is 0 Å². The average molecular weight is 388 g/mol. The maximum absolute atomic E-state index is 13.2. The van der Waals surface area contributed by atoms with Crippen LogP contribution < -0.4 is 4.74 Å². The smallest absolute Gasteiger partial charge is 0.243 e. The van der Waals surface area contributed by atoms with Crippen molar-refractivity contribution >= 4 is 10.0 Å². The number of sulfonamides is 1. The molecule has 0 radical (unpaired) electrons. The summed E-state index contributed by atoms with van der Waals surface area (Å²) < 4.78 is 38.4. The Balaban J connectivity index is 1.70. The second-order valence-electron chi connectivity index (χ2n) is 6.48. The molecule has 1 N–H and O–H groups in total. The number of hydrogen-bond donors (Lipinski definition) is 1. The Morgan fingerprint density at radius 1 is 1.30 bits per heavy atom. The minimum atomic E-state index is -3.65. The van der Waals surface area contributed by atoms with E-state index in [1.807, 2.05) is 13.0 Å². The van der Waals surface area contributed by atoms with Gasteiger partial charge < -0.3 is 9.26 Å².